The van der Waals surface area contributed by atoms with Crippen LogP contribution in [0.5, 0.6) is 0 Å². The number of amides is 2. The second kappa shape index (κ2) is 8.48. The lowest BCUT2D eigenvalue weighted by Crippen LogP contribution is -2.30. The number of anilines is 1. The standard InChI is InChI=1S/C23H19N3O4/c27-21(24-14-16-7-3-1-4-8-16)15-26-19-13-17(11-12-20(19)30-23(26)29)22(28)25-18-9-5-2-6-10-18/h1-13H,14-15H2,(H,24,27)(H,25,28). The lowest BCUT2D eigenvalue weighted by atomic mass is 10.2. The van der Waals surface area contributed by atoms with E-state index < -0.39 is 5.76 Å². The molecule has 1 heterocycles. The molecule has 0 unspecified atom stereocenters. The molecule has 7 heteroatoms. The average Bonchev–Trinajstić information content (AvgIpc) is 3.08. The van der Waals surface area contributed by atoms with Crippen LogP contribution in [0.4, 0.5) is 5.69 Å². The van der Waals surface area contributed by atoms with Gasteiger partial charge in [0, 0.05) is 17.8 Å². The highest BCUT2D eigenvalue weighted by molar-refractivity contribution is 6.05. The summed E-state index contributed by atoms with van der Waals surface area (Å²) >= 11 is 0. The minimum absolute atomic E-state index is 0.206. The van der Waals surface area contributed by atoms with Crippen molar-refractivity contribution < 1.29 is 14.0 Å². The number of oxazole rings is 1. The van der Waals surface area contributed by atoms with Crippen LogP contribution >= 0.6 is 0 Å². The third kappa shape index (κ3) is 4.30. The van der Waals surface area contributed by atoms with Crippen molar-refractivity contribution in [1.29, 1.82) is 0 Å². The van der Waals surface area contributed by atoms with E-state index in [1.807, 2.05) is 48.5 Å². The smallest absolute Gasteiger partial charge is 0.408 e. The van der Waals surface area contributed by atoms with Crippen LogP contribution in [0.2, 0.25) is 0 Å². The van der Waals surface area contributed by atoms with Gasteiger partial charge in [0.15, 0.2) is 5.58 Å². The first kappa shape index (κ1) is 19.2. The Balaban J connectivity index is 1.52. The molecule has 150 valence electrons. The van der Waals surface area contributed by atoms with Crippen molar-refractivity contribution in [2.45, 2.75) is 13.1 Å². The topological polar surface area (TPSA) is 93.3 Å². The van der Waals surface area contributed by atoms with Crippen LogP contribution in [0.3, 0.4) is 0 Å². The molecule has 0 aliphatic heterocycles. The number of carbonyl (C=O) groups is 2. The van der Waals surface area contributed by atoms with Crippen LogP contribution < -0.4 is 16.4 Å². The van der Waals surface area contributed by atoms with Crippen molar-refractivity contribution in [3.05, 3.63) is 101 Å². The fourth-order valence-corrected chi connectivity index (χ4v) is 3.07. The summed E-state index contributed by atoms with van der Waals surface area (Å²) < 4.78 is 6.43. The molecule has 30 heavy (non-hydrogen) atoms. The number of rotatable bonds is 6. The molecule has 4 aromatic rings. The highest BCUT2D eigenvalue weighted by atomic mass is 16.4. The van der Waals surface area contributed by atoms with E-state index in [9.17, 15) is 14.4 Å². The highest BCUT2D eigenvalue weighted by Crippen LogP contribution is 2.17. The molecular formula is C23H19N3O4. The van der Waals surface area contributed by atoms with Gasteiger partial charge in [-0.3, -0.25) is 14.2 Å². The van der Waals surface area contributed by atoms with Crippen molar-refractivity contribution in [3.8, 4) is 0 Å². The van der Waals surface area contributed by atoms with Gasteiger partial charge in [-0.25, -0.2) is 4.79 Å². The third-order valence-corrected chi connectivity index (χ3v) is 4.60. The first-order chi connectivity index (χ1) is 14.6. The maximum atomic E-state index is 12.5. The van der Waals surface area contributed by atoms with Gasteiger partial charge in [-0.1, -0.05) is 48.5 Å². The number of carbonyl (C=O) groups excluding carboxylic acids is 2. The Bertz CT molecular complexity index is 1240. The number of hydrogen-bond donors (Lipinski definition) is 2. The van der Waals surface area contributed by atoms with E-state index in [2.05, 4.69) is 10.6 Å². The Morgan fingerprint density at radius 1 is 0.900 bits per heavy atom. The zero-order valence-electron chi connectivity index (χ0n) is 16.0. The second-order valence-corrected chi connectivity index (χ2v) is 6.72. The molecule has 2 N–H and O–H groups in total. The Labute approximate surface area is 171 Å². The second-order valence-electron chi connectivity index (χ2n) is 6.72. The van der Waals surface area contributed by atoms with Crippen molar-refractivity contribution >= 4 is 28.6 Å². The monoisotopic (exact) mass is 401 g/mol. The quantitative estimate of drug-likeness (QED) is 0.519. The van der Waals surface area contributed by atoms with E-state index in [4.69, 9.17) is 4.42 Å². The van der Waals surface area contributed by atoms with Crippen LogP contribution in [-0.4, -0.2) is 16.4 Å². The molecule has 0 atom stereocenters. The number of nitrogens with one attached hydrogen (secondary N) is 2. The van der Waals surface area contributed by atoms with Crippen LogP contribution in [0.25, 0.3) is 11.1 Å². The molecule has 3 aromatic carbocycles. The van der Waals surface area contributed by atoms with E-state index in [0.29, 0.717) is 28.9 Å². The van der Waals surface area contributed by atoms with Crippen LogP contribution in [0, 0.1) is 0 Å². The first-order valence-electron chi connectivity index (χ1n) is 9.40. The number of hydrogen-bond acceptors (Lipinski definition) is 4. The van der Waals surface area contributed by atoms with Gasteiger partial charge in [0.1, 0.15) is 6.54 Å². The molecule has 0 saturated carbocycles. The summed E-state index contributed by atoms with van der Waals surface area (Å²) in [6, 6.07) is 23.2. The zero-order chi connectivity index (χ0) is 20.9. The van der Waals surface area contributed by atoms with Gasteiger partial charge in [0.05, 0.1) is 5.52 Å². The summed E-state index contributed by atoms with van der Waals surface area (Å²) in [7, 11) is 0. The molecule has 0 spiro atoms. The summed E-state index contributed by atoms with van der Waals surface area (Å²) in [5.74, 6) is -1.31. The number of benzene rings is 3. The van der Waals surface area contributed by atoms with Gasteiger partial charge >= 0.3 is 5.76 Å². The van der Waals surface area contributed by atoms with Gasteiger partial charge in [-0.2, -0.15) is 0 Å². The summed E-state index contributed by atoms with van der Waals surface area (Å²) in [5, 5.41) is 5.57. The van der Waals surface area contributed by atoms with Crippen molar-refractivity contribution in [3.63, 3.8) is 0 Å². The fourth-order valence-electron chi connectivity index (χ4n) is 3.07. The van der Waals surface area contributed by atoms with Gasteiger partial charge in [-0.15, -0.1) is 0 Å². The SMILES string of the molecule is O=C(Cn1c(=O)oc2ccc(C(=O)Nc3ccccc3)cc21)NCc1ccccc1. The van der Waals surface area contributed by atoms with Crippen LogP contribution in [0.15, 0.2) is 88.1 Å². The fraction of sp³-hybridized carbons (Fsp3) is 0.0870. The van der Waals surface area contributed by atoms with Crippen molar-refractivity contribution in [2.24, 2.45) is 0 Å². The number of nitrogens with zero attached hydrogens (tertiary/aromatic N) is 1. The molecule has 7 nitrogen and oxygen atoms in total. The molecule has 0 aliphatic carbocycles. The largest absolute Gasteiger partial charge is 0.420 e. The normalized spacial score (nSPS) is 10.7. The van der Waals surface area contributed by atoms with E-state index in [1.165, 1.54) is 4.57 Å². The predicted octanol–water partition coefficient (Wildman–Crippen LogP) is 3.16. The molecule has 0 aliphatic rings. The summed E-state index contributed by atoms with van der Waals surface area (Å²) in [4.78, 5) is 37.1. The van der Waals surface area contributed by atoms with Crippen LogP contribution in [0.1, 0.15) is 15.9 Å². The zero-order valence-corrected chi connectivity index (χ0v) is 16.0. The summed E-state index contributed by atoms with van der Waals surface area (Å²) in [6.07, 6.45) is 0. The molecule has 2 amide bonds. The van der Waals surface area contributed by atoms with E-state index >= 15 is 0 Å². The highest BCUT2D eigenvalue weighted by Gasteiger charge is 2.15. The lowest BCUT2D eigenvalue weighted by Gasteiger charge is -2.07. The number of para-hydroxylation sites is 1. The number of fused-ring (bicyclic) bond motifs is 1. The average molecular weight is 401 g/mol. The maximum Gasteiger partial charge on any atom is 0.420 e. The van der Waals surface area contributed by atoms with Gasteiger partial charge < -0.3 is 15.1 Å². The summed E-state index contributed by atoms with van der Waals surface area (Å²) in [6.45, 7) is 0.150. The molecule has 0 radical (unpaired) electrons. The Morgan fingerprint density at radius 3 is 2.33 bits per heavy atom. The molecule has 4 rings (SSSR count). The lowest BCUT2D eigenvalue weighted by molar-refractivity contribution is -0.121. The minimum Gasteiger partial charge on any atom is -0.408 e. The Kier molecular flexibility index (Phi) is 5.43. The van der Waals surface area contributed by atoms with E-state index in [1.54, 1.807) is 30.3 Å². The predicted molar refractivity (Wildman–Crippen MR) is 113 cm³/mol. The summed E-state index contributed by atoms with van der Waals surface area (Å²) in [5.41, 5.74) is 2.66. The maximum absolute atomic E-state index is 12.5. The van der Waals surface area contributed by atoms with Crippen LogP contribution in [-0.2, 0) is 17.9 Å². The van der Waals surface area contributed by atoms with E-state index in [0.717, 1.165) is 5.56 Å². The van der Waals surface area contributed by atoms with Gasteiger partial charge in [0.25, 0.3) is 5.91 Å². The van der Waals surface area contributed by atoms with Gasteiger partial charge in [0.2, 0.25) is 5.91 Å². The number of aromatic nitrogens is 1. The molecular weight excluding hydrogens is 382 g/mol. The van der Waals surface area contributed by atoms with E-state index in [-0.39, 0.29) is 18.4 Å². The third-order valence-electron chi connectivity index (χ3n) is 4.60. The molecule has 0 fully saturated rings. The minimum atomic E-state index is -0.652. The van der Waals surface area contributed by atoms with Crippen molar-refractivity contribution in [1.82, 2.24) is 9.88 Å². The van der Waals surface area contributed by atoms with Gasteiger partial charge in [-0.05, 0) is 35.9 Å². The Hall–Kier alpha value is -4.13. The first-order valence-corrected chi connectivity index (χ1v) is 9.40. The molecule has 0 saturated heterocycles. The Morgan fingerprint density at radius 2 is 1.60 bits per heavy atom. The molecule has 0 bridgehead atoms. The molecule has 1 aromatic heterocycles. The van der Waals surface area contributed by atoms with Crippen molar-refractivity contribution in [2.75, 3.05) is 5.32 Å².